The van der Waals surface area contributed by atoms with Crippen molar-refractivity contribution in [1.29, 1.82) is 0 Å². The highest BCUT2D eigenvalue weighted by Gasteiger charge is 2.23. The molecule has 0 saturated carbocycles. The van der Waals surface area contributed by atoms with E-state index in [9.17, 15) is 12.8 Å². The molecule has 2 fully saturated rings. The van der Waals surface area contributed by atoms with E-state index in [2.05, 4.69) is 44.7 Å². The van der Waals surface area contributed by atoms with Crippen LogP contribution in [0.5, 0.6) is 0 Å². The zero-order valence-corrected chi connectivity index (χ0v) is 23.1. The standard InChI is InChI=1S/C25H33F2N9O3S/c1-2-15-40(37,38)33-19-4-3-18(26)22(21(19)27)31-24-23-20(29-17-30-24)16-28-25(32-23)36-9-7-34(8-10-36)5-6-35-11-13-39-14-12-35/h3-4,16-17,33H,2,5-15H2,1H3,(H,29,30,31). The van der Waals surface area contributed by atoms with E-state index in [1.165, 1.54) is 6.33 Å². The normalized spacial score (nSPS) is 17.3. The van der Waals surface area contributed by atoms with Crippen LogP contribution in [0.2, 0.25) is 0 Å². The SMILES string of the molecule is CCCS(=O)(=O)Nc1ccc(F)c(Nc2ncnc3cnc(N4CCN(CCN5CCOCC5)CC4)nc23)c1F. The summed E-state index contributed by atoms with van der Waals surface area (Å²) in [4.78, 5) is 24.3. The van der Waals surface area contributed by atoms with E-state index in [0.717, 1.165) is 77.7 Å². The Kier molecular flexibility index (Phi) is 8.83. The fraction of sp³-hybridized carbons (Fsp3) is 0.520. The van der Waals surface area contributed by atoms with Gasteiger partial charge in [0.25, 0.3) is 0 Å². The lowest BCUT2D eigenvalue weighted by molar-refractivity contribution is 0.0331. The lowest BCUT2D eigenvalue weighted by atomic mass is 10.2. The maximum atomic E-state index is 15.3. The number of anilines is 4. The van der Waals surface area contributed by atoms with E-state index in [-0.39, 0.29) is 22.8 Å². The molecule has 0 bridgehead atoms. The fourth-order valence-electron chi connectivity index (χ4n) is 4.72. The lowest BCUT2D eigenvalue weighted by Gasteiger charge is -2.36. The Labute approximate surface area is 231 Å². The molecule has 15 heteroatoms. The van der Waals surface area contributed by atoms with Crippen LogP contribution in [-0.4, -0.2) is 109 Å². The summed E-state index contributed by atoms with van der Waals surface area (Å²) in [6, 6.07) is 2.03. The molecule has 2 N–H and O–H groups in total. The van der Waals surface area contributed by atoms with Gasteiger partial charge in [-0.25, -0.2) is 37.1 Å². The molecular formula is C25H33F2N9O3S. The molecule has 216 valence electrons. The van der Waals surface area contributed by atoms with E-state index < -0.39 is 27.3 Å². The molecule has 2 aliphatic rings. The molecule has 1 aromatic carbocycles. The number of benzene rings is 1. The van der Waals surface area contributed by atoms with Crippen molar-refractivity contribution in [3.8, 4) is 0 Å². The van der Waals surface area contributed by atoms with Gasteiger partial charge < -0.3 is 15.0 Å². The van der Waals surface area contributed by atoms with Gasteiger partial charge in [-0.05, 0) is 18.6 Å². The molecule has 40 heavy (non-hydrogen) atoms. The highest BCUT2D eigenvalue weighted by molar-refractivity contribution is 7.92. The maximum absolute atomic E-state index is 15.3. The Balaban J connectivity index is 1.31. The van der Waals surface area contributed by atoms with Crippen molar-refractivity contribution in [2.45, 2.75) is 13.3 Å². The predicted octanol–water partition coefficient (Wildman–Crippen LogP) is 2.05. The highest BCUT2D eigenvalue weighted by Crippen LogP contribution is 2.31. The van der Waals surface area contributed by atoms with E-state index in [4.69, 9.17) is 4.74 Å². The topological polar surface area (TPSA) is 129 Å². The van der Waals surface area contributed by atoms with Crippen molar-refractivity contribution in [1.82, 2.24) is 29.7 Å². The van der Waals surface area contributed by atoms with E-state index in [1.54, 1.807) is 13.1 Å². The molecular weight excluding hydrogens is 544 g/mol. The molecule has 2 saturated heterocycles. The van der Waals surface area contributed by atoms with Crippen molar-refractivity contribution >= 4 is 44.2 Å². The monoisotopic (exact) mass is 577 g/mol. The number of nitrogens with zero attached hydrogens (tertiary/aromatic N) is 7. The van der Waals surface area contributed by atoms with Crippen LogP contribution in [0.15, 0.2) is 24.7 Å². The Morgan fingerprint density at radius 1 is 0.975 bits per heavy atom. The van der Waals surface area contributed by atoms with Gasteiger partial charge in [0.15, 0.2) is 11.6 Å². The fourth-order valence-corrected chi connectivity index (χ4v) is 5.85. The summed E-state index contributed by atoms with van der Waals surface area (Å²) in [7, 11) is -3.78. The summed E-state index contributed by atoms with van der Waals surface area (Å²) in [5, 5.41) is 2.66. The number of rotatable bonds is 10. The Morgan fingerprint density at radius 2 is 1.70 bits per heavy atom. The first-order valence-electron chi connectivity index (χ1n) is 13.3. The molecule has 0 aliphatic carbocycles. The van der Waals surface area contributed by atoms with E-state index in [0.29, 0.717) is 17.9 Å². The first kappa shape index (κ1) is 28.3. The molecule has 2 aromatic heterocycles. The first-order valence-corrected chi connectivity index (χ1v) is 15.0. The minimum atomic E-state index is -3.78. The second-order valence-corrected chi connectivity index (χ2v) is 11.6. The summed E-state index contributed by atoms with van der Waals surface area (Å²) in [5.74, 6) is -1.64. The Morgan fingerprint density at radius 3 is 2.42 bits per heavy atom. The molecule has 5 rings (SSSR count). The largest absolute Gasteiger partial charge is 0.379 e. The molecule has 0 atom stereocenters. The zero-order chi connectivity index (χ0) is 28.1. The summed E-state index contributed by atoms with van der Waals surface area (Å²) in [5.41, 5.74) is -0.229. The van der Waals surface area contributed by atoms with Gasteiger partial charge in [-0.15, -0.1) is 0 Å². The highest BCUT2D eigenvalue weighted by atomic mass is 32.2. The smallest absolute Gasteiger partial charge is 0.232 e. The number of halogens is 2. The maximum Gasteiger partial charge on any atom is 0.232 e. The minimum Gasteiger partial charge on any atom is -0.379 e. The number of hydrogen-bond donors (Lipinski definition) is 2. The third-order valence-electron chi connectivity index (χ3n) is 6.93. The van der Waals surface area contributed by atoms with Gasteiger partial charge in [0.1, 0.15) is 28.9 Å². The van der Waals surface area contributed by atoms with E-state index >= 15 is 4.39 Å². The van der Waals surface area contributed by atoms with Crippen molar-refractivity contribution in [2.24, 2.45) is 0 Å². The molecule has 3 aromatic rings. The van der Waals surface area contributed by atoms with Gasteiger partial charge >= 0.3 is 0 Å². The number of nitrogens with one attached hydrogen (secondary N) is 2. The summed E-state index contributed by atoms with van der Waals surface area (Å²) >= 11 is 0. The van der Waals surface area contributed by atoms with Crippen LogP contribution >= 0.6 is 0 Å². The zero-order valence-electron chi connectivity index (χ0n) is 22.3. The predicted molar refractivity (Wildman–Crippen MR) is 148 cm³/mol. The van der Waals surface area contributed by atoms with Crippen LogP contribution in [-0.2, 0) is 14.8 Å². The van der Waals surface area contributed by atoms with Gasteiger partial charge in [-0.1, -0.05) is 6.92 Å². The van der Waals surface area contributed by atoms with Crippen LogP contribution < -0.4 is 14.9 Å². The Bertz CT molecular complexity index is 1430. The van der Waals surface area contributed by atoms with E-state index in [1.807, 2.05) is 0 Å². The third kappa shape index (κ3) is 6.71. The number of fused-ring (bicyclic) bond motifs is 1. The van der Waals surface area contributed by atoms with Gasteiger partial charge in [0.05, 0.1) is 30.9 Å². The molecule has 0 unspecified atom stereocenters. The molecule has 12 nitrogen and oxygen atoms in total. The van der Waals surface area contributed by atoms with Crippen molar-refractivity contribution < 1.29 is 21.9 Å². The summed E-state index contributed by atoms with van der Waals surface area (Å²) in [6.07, 6.45) is 3.14. The first-order chi connectivity index (χ1) is 19.3. The number of aromatic nitrogens is 4. The molecule has 2 aliphatic heterocycles. The molecule has 0 radical (unpaired) electrons. The summed E-state index contributed by atoms with van der Waals surface area (Å²) in [6.45, 7) is 10.4. The molecule has 4 heterocycles. The summed E-state index contributed by atoms with van der Waals surface area (Å²) < 4.78 is 61.9. The Hall–Kier alpha value is -3.27. The lowest BCUT2D eigenvalue weighted by Crippen LogP contribution is -2.49. The van der Waals surface area contributed by atoms with Gasteiger partial charge in [-0.2, -0.15) is 0 Å². The number of sulfonamides is 1. The van der Waals surface area contributed by atoms with Crippen LogP contribution in [0.25, 0.3) is 11.0 Å². The van der Waals surface area contributed by atoms with Gasteiger partial charge in [-0.3, -0.25) is 14.5 Å². The minimum absolute atomic E-state index is 0.0733. The number of ether oxygens (including phenoxy) is 1. The van der Waals surface area contributed by atoms with Crippen molar-refractivity contribution in [2.75, 3.05) is 86.3 Å². The van der Waals surface area contributed by atoms with Crippen LogP contribution in [0.4, 0.5) is 31.9 Å². The van der Waals surface area contributed by atoms with Gasteiger partial charge in [0.2, 0.25) is 16.0 Å². The van der Waals surface area contributed by atoms with Crippen molar-refractivity contribution in [3.05, 3.63) is 36.3 Å². The average Bonchev–Trinajstić information content (AvgIpc) is 2.96. The molecule has 0 amide bonds. The second kappa shape index (κ2) is 12.5. The number of hydrogen-bond acceptors (Lipinski definition) is 11. The number of piperazine rings is 1. The van der Waals surface area contributed by atoms with Crippen molar-refractivity contribution in [3.63, 3.8) is 0 Å². The quantitative estimate of drug-likeness (QED) is 0.367. The van der Waals surface area contributed by atoms with Crippen LogP contribution in [0.1, 0.15) is 13.3 Å². The van der Waals surface area contributed by atoms with Crippen LogP contribution in [0, 0.1) is 11.6 Å². The average molecular weight is 578 g/mol. The van der Waals surface area contributed by atoms with Crippen LogP contribution in [0.3, 0.4) is 0 Å². The third-order valence-corrected chi connectivity index (χ3v) is 8.41. The second-order valence-electron chi connectivity index (χ2n) is 9.74. The van der Waals surface area contributed by atoms with Gasteiger partial charge in [0, 0.05) is 52.4 Å². The number of morpholine rings is 1. The molecule has 0 spiro atoms.